The molecule has 0 saturated carbocycles. The van der Waals surface area contributed by atoms with Crippen molar-refractivity contribution in [1.29, 1.82) is 0 Å². The lowest BCUT2D eigenvalue weighted by Gasteiger charge is -2.27. The molecule has 214 valence electrons. The Morgan fingerprint density at radius 2 is 1.62 bits per heavy atom. The molecule has 0 amide bonds. The van der Waals surface area contributed by atoms with E-state index in [0.29, 0.717) is 0 Å². The standard InChI is InChI=1S/C29H21ClN2O10/c1-9(2)42-31-8-10-6-12-15(28(40)32-10)25(37)20-11(21(12)30)4-5-29(20)26(38)18-19(27(29)39)24(36)17-16(23(18)35)13(33)7-14(41-3)22(17)34/h6-9,37-39H,4-5H2,1-3H3,(H,32,40)/t29-/m0/s1. The highest BCUT2D eigenvalue weighted by molar-refractivity contribution is 6.37. The molecule has 12 nitrogen and oxygen atoms in total. The summed E-state index contributed by atoms with van der Waals surface area (Å²) in [6.45, 7) is 3.53. The van der Waals surface area contributed by atoms with Gasteiger partial charge in [0.2, 0.25) is 16.3 Å². The van der Waals surface area contributed by atoms with E-state index in [1.54, 1.807) is 13.8 Å². The molecule has 0 radical (unpaired) electrons. The maximum absolute atomic E-state index is 13.6. The molecule has 42 heavy (non-hydrogen) atoms. The van der Waals surface area contributed by atoms with Crippen LogP contribution in [0, 0.1) is 10.4 Å². The van der Waals surface area contributed by atoms with Crippen molar-refractivity contribution in [3.05, 3.63) is 106 Å². The molecule has 1 spiro atoms. The molecular formula is C29H21ClN2O10. The van der Waals surface area contributed by atoms with Crippen LogP contribution in [0.4, 0.5) is 0 Å². The third-order valence-electron chi connectivity index (χ3n) is 7.84. The van der Waals surface area contributed by atoms with Gasteiger partial charge in [-0.05, 0) is 38.3 Å². The Bertz CT molecular complexity index is 2410. The summed E-state index contributed by atoms with van der Waals surface area (Å²) < 4.78 is 4.88. The first-order valence-electron chi connectivity index (χ1n) is 12.7. The maximum Gasteiger partial charge on any atom is 0.260 e. The van der Waals surface area contributed by atoms with Gasteiger partial charge in [-0.1, -0.05) is 16.8 Å². The van der Waals surface area contributed by atoms with E-state index in [9.17, 15) is 39.3 Å². The fraction of sp³-hybridized carbons (Fsp3) is 0.241. The molecule has 6 rings (SSSR count). The zero-order valence-electron chi connectivity index (χ0n) is 22.2. The van der Waals surface area contributed by atoms with Gasteiger partial charge in [-0.3, -0.25) is 24.0 Å². The number of aromatic amines is 1. The van der Waals surface area contributed by atoms with E-state index in [-0.39, 0.29) is 51.6 Å². The van der Waals surface area contributed by atoms with Crippen LogP contribution in [0.15, 0.2) is 41.3 Å². The first-order valence-corrected chi connectivity index (χ1v) is 13.1. The predicted molar refractivity (Wildman–Crippen MR) is 152 cm³/mol. The summed E-state index contributed by atoms with van der Waals surface area (Å²) in [6.07, 6.45) is 0.921. The number of oxime groups is 1. The SMILES string of the molecule is COc1cc(=O)c2c(=O)c3c(c(=O)c=2c1=O)=C(O)[C@]1(CCc2c1c(O)c1c(=O)[nH]c(C=NOC(C)C)cc1c2Cl)C=3O. The summed E-state index contributed by atoms with van der Waals surface area (Å²) in [7, 11) is 1.11. The molecule has 1 aromatic heterocycles. The van der Waals surface area contributed by atoms with Gasteiger partial charge in [0.25, 0.3) is 5.56 Å². The third-order valence-corrected chi connectivity index (χ3v) is 8.27. The molecule has 0 unspecified atom stereocenters. The predicted octanol–water partition coefficient (Wildman–Crippen LogP) is -0.0740. The zero-order valence-corrected chi connectivity index (χ0v) is 23.0. The minimum absolute atomic E-state index is 0.0278. The number of aliphatic hydroxyl groups is 2. The van der Waals surface area contributed by atoms with Crippen molar-refractivity contribution < 1.29 is 24.9 Å². The number of phenolic OH excluding ortho intramolecular Hbond substituents is 1. The van der Waals surface area contributed by atoms with E-state index in [2.05, 4.69) is 10.1 Å². The summed E-state index contributed by atoms with van der Waals surface area (Å²) in [6, 6.07) is 2.23. The number of nitrogens with one attached hydrogen (secondary N) is 1. The van der Waals surface area contributed by atoms with Crippen LogP contribution >= 0.6 is 11.6 Å². The lowest BCUT2D eigenvalue weighted by Crippen LogP contribution is -2.51. The number of rotatable bonds is 4. The van der Waals surface area contributed by atoms with Gasteiger partial charge in [0.1, 0.15) is 28.8 Å². The van der Waals surface area contributed by atoms with Crippen molar-refractivity contribution in [2.75, 3.05) is 7.11 Å². The average Bonchev–Trinajstić information content (AvgIpc) is 3.44. The Hall–Kier alpha value is -4.97. The van der Waals surface area contributed by atoms with Crippen LogP contribution in [0.1, 0.15) is 37.1 Å². The Morgan fingerprint density at radius 1 is 0.976 bits per heavy atom. The highest BCUT2D eigenvalue weighted by Crippen LogP contribution is 2.56. The van der Waals surface area contributed by atoms with Crippen LogP contribution in [0.2, 0.25) is 5.02 Å². The summed E-state index contributed by atoms with van der Waals surface area (Å²) in [4.78, 5) is 73.7. The number of nitrogens with zero attached hydrogens (tertiary/aromatic N) is 1. The number of halogens is 1. The van der Waals surface area contributed by atoms with E-state index in [1.165, 1.54) is 12.3 Å². The van der Waals surface area contributed by atoms with Crippen molar-refractivity contribution in [2.24, 2.45) is 5.16 Å². The molecule has 2 aromatic rings. The normalized spacial score (nSPS) is 17.7. The molecule has 0 fully saturated rings. The van der Waals surface area contributed by atoms with Crippen molar-refractivity contribution in [2.45, 2.75) is 38.2 Å². The first kappa shape index (κ1) is 27.2. The van der Waals surface area contributed by atoms with Gasteiger partial charge in [0, 0.05) is 17.0 Å². The fourth-order valence-electron chi connectivity index (χ4n) is 6.09. The number of ether oxygens (including phenoxy) is 1. The van der Waals surface area contributed by atoms with Crippen LogP contribution in [0.3, 0.4) is 0 Å². The number of aliphatic hydroxyl groups excluding tert-OH is 2. The zero-order chi connectivity index (χ0) is 30.4. The second-order valence-corrected chi connectivity index (χ2v) is 10.8. The monoisotopic (exact) mass is 592 g/mol. The quantitative estimate of drug-likeness (QED) is 0.184. The van der Waals surface area contributed by atoms with Gasteiger partial charge in [-0.2, -0.15) is 0 Å². The second-order valence-electron chi connectivity index (χ2n) is 10.4. The summed E-state index contributed by atoms with van der Waals surface area (Å²) >= 11 is 6.74. The third kappa shape index (κ3) is 3.29. The largest absolute Gasteiger partial charge is 0.510 e. The minimum Gasteiger partial charge on any atom is -0.510 e. The van der Waals surface area contributed by atoms with E-state index in [4.69, 9.17) is 21.2 Å². The Labute approximate surface area is 238 Å². The van der Waals surface area contributed by atoms with Gasteiger partial charge in [0.05, 0.1) is 50.3 Å². The van der Waals surface area contributed by atoms with Gasteiger partial charge < -0.3 is 29.9 Å². The highest BCUT2D eigenvalue weighted by Gasteiger charge is 2.53. The van der Waals surface area contributed by atoms with Crippen molar-refractivity contribution >= 4 is 40.1 Å². The highest BCUT2D eigenvalue weighted by atomic mass is 35.5. The fourth-order valence-corrected chi connectivity index (χ4v) is 6.43. The van der Waals surface area contributed by atoms with Gasteiger partial charge in [-0.25, -0.2) is 0 Å². The summed E-state index contributed by atoms with van der Waals surface area (Å²) in [5.74, 6) is -2.73. The molecule has 1 aromatic carbocycles. The van der Waals surface area contributed by atoms with E-state index in [1.807, 2.05) is 0 Å². The topological polar surface area (TPSA) is 193 Å². The van der Waals surface area contributed by atoms with Crippen LogP contribution < -0.4 is 42.4 Å². The Kier molecular flexibility index (Phi) is 5.84. The Morgan fingerprint density at radius 3 is 2.24 bits per heavy atom. The van der Waals surface area contributed by atoms with Gasteiger partial charge in [-0.15, -0.1) is 0 Å². The second kappa shape index (κ2) is 9.02. The lowest BCUT2D eigenvalue weighted by atomic mass is 9.78. The molecule has 1 heterocycles. The van der Waals surface area contributed by atoms with Gasteiger partial charge in [0.15, 0.2) is 11.2 Å². The van der Waals surface area contributed by atoms with E-state index >= 15 is 0 Å². The lowest BCUT2D eigenvalue weighted by molar-refractivity contribution is 0.0873. The summed E-state index contributed by atoms with van der Waals surface area (Å²) in [5.41, 5.74) is -6.85. The number of aromatic hydroxyl groups is 1. The molecule has 0 bridgehead atoms. The van der Waals surface area contributed by atoms with Crippen molar-refractivity contribution in [3.63, 3.8) is 0 Å². The smallest absolute Gasteiger partial charge is 0.260 e. The average molecular weight is 593 g/mol. The molecule has 1 atom stereocenters. The molecule has 13 heteroatoms. The first-order chi connectivity index (χ1) is 19.9. The number of hydrogen-bond donors (Lipinski definition) is 4. The molecular weight excluding hydrogens is 572 g/mol. The van der Waals surface area contributed by atoms with Crippen molar-refractivity contribution in [3.8, 4) is 11.5 Å². The number of methoxy groups -OCH3 is 1. The molecule has 4 N–H and O–H groups in total. The van der Waals surface area contributed by atoms with Gasteiger partial charge >= 0.3 is 0 Å². The minimum atomic E-state index is -2.05. The van der Waals surface area contributed by atoms with Crippen LogP contribution in [0.25, 0.3) is 22.3 Å². The number of fused-ring (bicyclic) bond motifs is 4. The van der Waals surface area contributed by atoms with Crippen LogP contribution in [-0.4, -0.2) is 39.7 Å². The molecule has 4 aliphatic rings. The van der Waals surface area contributed by atoms with E-state index < -0.39 is 76.6 Å². The van der Waals surface area contributed by atoms with E-state index in [0.717, 1.165) is 13.2 Å². The van der Waals surface area contributed by atoms with Crippen molar-refractivity contribution in [1.82, 2.24) is 4.98 Å². The maximum atomic E-state index is 13.6. The number of aromatic nitrogens is 1. The van der Waals surface area contributed by atoms with Crippen LogP contribution in [0.5, 0.6) is 11.5 Å². The number of pyridine rings is 1. The Balaban J connectivity index is 1.73. The molecule has 4 aliphatic carbocycles. The summed E-state index contributed by atoms with van der Waals surface area (Å²) in [5, 5.41) is 35.4. The molecule has 0 aliphatic heterocycles. The number of phenols is 1. The number of benzene rings is 1. The van der Waals surface area contributed by atoms with Crippen LogP contribution in [-0.2, 0) is 16.7 Å². The number of hydrogen-bond acceptors (Lipinski definition) is 11. The number of H-pyrrole nitrogens is 1. The molecule has 0 saturated heterocycles.